The summed E-state index contributed by atoms with van der Waals surface area (Å²) >= 11 is 0. The molecule has 0 spiro atoms. The molecule has 22 heavy (non-hydrogen) atoms. The molecular formula is C15H25N3O4. The molecule has 7 heteroatoms. The van der Waals surface area contributed by atoms with Crippen LogP contribution in [0.15, 0.2) is 11.6 Å². The number of morpholine rings is 1. The van der Waals surface area contributed by atoms with Gasteiger partial charge in [0.05, 0.1) is 31.9 Å². The Bertz CT molecular complexity index is 446. The Labute approximate surface area is 130 Å². The third-order valence-electron chi connectivity index (χ3n) is 4.03. The molecule has 3 unspecified atom stereocenters. The molecule has 0 aromatic heterocycles. The van der Waals surface area contributed by atoms with E-state index >= 15 is 0 Å². The normalized spacial score (nSPS) is 29.6. The summed E-state index contributed by atoms with van der Waals surface area (Å²) < 4.78 is 10.5. The number of nitrogens with one attached hydrogen (secondary N) is 1. The molecule has 0 bridgehead atoms. The van der Waals surface area contributed by atoms with Crippen molar-refractivity contribution in [3.05, 3.63) is 11.6 Å². The molecule has 1 amide bonds. The molecule has 3 atom stereocenters. The molecule has 1 aliphatic carbocycles. The van der Waals surface area contributed by atoms with E-state index in [1.54, 1.807) is 6.92 Å². The number of rotatable bonds is 4. The highest BCUT2D eigenvalue weighted by molar-refractivity contribution is 5.89. The van der Waals surface area contributed by atoms with Crippen molar-refractivity contribution in [3.63, 3.8) is 0 Å². The van der Waals surface area contributed by atoms with Gasteiger partial charge in [0.15, 0.2) is 0 Å². The SMILES string of the molecule is CCOC(=O)C1=CC(N2CCOCC2)C(NC(C)=O)C(N)C1. The predicted octanol–water partition coefficient (Wildman–Crippen LogP) is -0.588. The van der Waals surface area contributed by atoms with Crippen LogP contribution < -0.4 is 11.1 Å². The maximum absolute atomic E-state index is 12.0. The van der Waals surface area contributed by atoms with Gasteiger partial charge in [0.2, 0.25) is 5.91 Å². The van der Waals surface area contributed by atoms with Gasteiger partial charge in [0.25, 0.3) is 0 Å². The lowest BCUT2D eigenvalue weighted by atomic mass is 9.85. The van der Waals surface area contributed by atoms with E-state index in [0.29, 0.717) is 31.8 Å². The van der Waals surface area contributed by atoms with Crippen LogP contribution in [0.4, 0.5) is 0 Å². The average molecular weight is 311 g/mol. The number of hydrogen-bond acceptors (Lipinski definition) is 6. The molecule has 2 aliphatic rings. The zero-order chi connectivity index (χ0) is 16.1. The van der Waals surface area contributed by atoms with Crippen molar-refractivity contribution in [2.24, 2.45) is 5.73 Å². The third kappa shape index (κ3) is 4.06. The molecule has 1 fully saturated rings. The van der Waals surface area contributed by atoms with Gasteiger partial charge in [0.1, 0.15) is 0 Å². The molecule has 124 valence electrons. The van der Waals surface area contributed by atoms with Crippen molar-refractivity contribution in [3.8, 4) is 0 Å². The highest BCUT2D eigenvalue weighted by Crippen LogP contribution is 2.24. The standard InChI is InChI=1S/C15H25N3O4/c1-3-22-15(20)11-8-12(16)14(17-10(2)19)13(9-11)18-4-6-21-7-5-18/h9,12-14H,3-8,16H2,1-2H3,(H,17,19). The van der Waals surface area contributed by atoms with Crippen LogP contribution in [0.1, 0.15) is 20.3 Å². The summed E-state index contributed by atoms with van der Waals surface area (Å²) in [6.45, 7) is 6.37. The lowest BCUT2D eigenvalue weighted by Crippen LogP contribution is -2.62. The Hall–Kier alpha value is -1.44. The maximum Gasteiger partial charge on any atom is 0.333 e. The Morgan fingerprint density at radius 3 is 2.73 bits per heavy atom. The maximum atomic E-state index is 12.0. The largest absolute Gasteiger partial charge is 0.463 e. The van der Waals surface area contributed by atoms with Gasteiger partial charge in [-0.25, -0.2) is 4.79 Å². The second-order valence-electron chi connectivity index (χ2n) is 5.65. The van der Waals surface area contributed by atoms with Crippen molar-refractivity contribution in [1.29, 1.82) is 0 Å². The lowest BCUT2D eigenvalue weighted by Gasteiger charge is -2.42. The fourth-order valence-corrected chi connectivity index (χ4v) is 3.02. The second-order valence-corrected chi connectivity index (χ2v) is 5.65. The van der Waals surface area contributed by atoms with Crippen LogP contribution >= 0.6 is 0 Å². The van der Waals surface area contributed by atoms with Crippen LogP contribution in [0.3, 0.4) is 0 Å². The van der Waals surface area contributed by atoms with E-state index in [4.69, 9.17) is 15.2 Å². The number of esters is 1. The Balaban J connectivity index is 2.23. The molecule has 0 saturated carbocycles. The van der Waals surface area contributed by atoms with Gasteiger partial charge in [-0.3, -0.25) is 9.69 Å². The van der Waals surface area contributed by atoms with Gasteiger partial charge >= 0.3 is 5.97 Å². The number of nitrogens with two attached hydrogens (primary N) is 1. The number of hydrogen-bond donors (Lipinski definition) is 2. The molecule has 7 nitrogen and oxygen atoms in total. The van der Waals surface area contributed by atoms with Crippen LogP contribution in [0, 0.1) is 0 Å². The van der Waals surface area contributed by atoms with Gasteiger partial charge in [0, 0.05) is 31.6 Å². The van der Waals surface area contributed by atoms with Crippen LogP contribution in [0.2, 0.25) is 0 Å². The highest BCUT2D eigenvalue weighted by Gasteiger charge is 2.37. The van der Waals surface area contributed by atoms with Gasteiger partial charge in [-0.05, 0) is 13.3 Å². The summed E-state index contributed by atoms with van der Waals surface area (Å²) in [4.78, 5) is 25.7. The van der Waals surface area contributed by atoms with E-state index in [0.717, 1.165) is 13.1 Å². The first kappa shape index (κ1) is 16.9. The van der Waals surface area contributed by atoms with Crippen molar-refractivity contribution in [2.45, 2.75) is 38.4 Å². The summed E-state index contributed by atoms with van der Waals surface area (Å²) in [6, 6.07) is -0.647. The number of carbonyl (C=O) groups is 2. The van der Waals surface area contributed by atoms with Gasteiger partial charge in [-0.15, -0.1) is 0 Å². The van der Waals surface area contributed by atoms with Gasteiger partial charge in [-0.1, -0.05) is 6.08 Å². The average Bonchev–Trinajstić information content (AvgIpc) is 2.49. The van der Waals surface area contributed by atoms with Crippen molar-refractivity contribution >= 4 is 11.9 Å². The van der Waals surface area contributed by atoms with E-state index < -0.39 is 0 Å². The first-order chi connectivity index (χ1) is 10.5. The highest BCUT2D eigenvalue weighted by atomic mass is 16.5. The smallest absolute Gasteiger partial charge is 0.333 e. The zero-order valence-corrected chi connectivity index (χ0v) is 13.2. The summed E-state index contributed by atoms with van der Waals surface area (Å²) in [7, 11) is 0. The van der Waals surface area contributed by atoms with E-state index in [-0.39, 0.29) is 30.0 Å². The minimum Gasteiger partial charge on any atom is -0.463 e. The second kappa shape index (κ2) is 7.71. The third-order valence-corrected chi connectivity index (χ3v) is 4.03. The number of ether oxygens (including phenoxy) is 2. The monoisotopic (exact) mass is 311 g/mol. The first-order valence-electron chi connectivity index (χ1n) is 7.75. The van der Waals surface area contributed by atoms with Crippen LogP contribution in [-0.4, -0.2) is 67.8 Å². The fourth-order valence-electron chi connectivity index (χ4n) is 3.02. The molecule has 3 N–H and O–H groups in total. The van der Waals surface area contributed by atoms with Crippen molar-refractivity contribution in [2.75, 3.05) is 32.9 Å². The predicted molar refractivity (Wildman–Crippen MR) is 81.1 cm³/mol. The quantitative estimate of drug-likeness (QED) is 0.674. The zero-order valence-electron chi connectivity index (χ0n) is 13.2. The molecular weight excluding hydrogens is 286 g/mol. The Morgan fingerprint density at radius 1 is 1.45 bits per heavy atom. The Kier molecular flexibility index (Phi) is 5.93. The van der Waals surface area contributed by atoms with E-state index in [1.807, 2.05) is 6.08 Å². The first-order valence-corrected chi connectivity index (χ1v) is 7.75. The van der Waals surface area contributed by atoms with E-state index in [9.17, 15) is 9.59 Å². The van der Waals surface area contributed by atoms with Crippen molar-refractivity contribution < 1.29 is 19.1 Å². The summed E-state index contributed by atoms with van der Waals surface area (Å²) in [5, 5.41) is 2.93. The van der Waals surface area contributed by atoms with Gasteiger partial charge < -0.3 is 20.5 Å². The minimum atomic E-state index is -0.322. The van der Waals surface area contributed by atoms with E-state index in [1.165, 1.54) is 6.92 Å². The summed E-state index contributed by atoms with van der Waals surface area (Å²) in [6.07, 6.45) is 2.30. The van der Waals surface area contributed by atoms with E-state index in [2.05, 4.69) is 10.2 Å². The number of amides is 1. The van der Waals surface area contributed by atoms with Crippen LogP contribution in [0.5, 0.6) is 0 Å². The summed E-state index contributed by atoms with van der Waals surface area (Å²) in [5.74, 6) is -0.441. The number of carbonyl (C=O) groups excluding carboxylic acids is 2. The fraction of sp³-hybridized carbons (Fsp3) is 0.733. The topological polar surface area (TPSA) is 93.9 Å². The summed E-state index contributed by atoms with van der Waals surface area (Å²) in [5.41, 5.74) is 6.82. The molecule has 2 rings (SSSR count). The lowest BCUT2D eigenvalue weighted by molar-refractivity contribution is -0.138. The van der Waals surface area contributed by atoms with Crippen LogP contribution in [0.25, 0.3) is 0 Å². The molecule has 1 heterocycles. The molecule has 0 aromatic carbocycles. The molecule has 1 aliphatic heterocycles. The Morgan fingerprint density at radius 2 is 2.14 bits per heavy atom. The van der Waals surface area contributed by atoms with Crippen LogP contribution in [-0.2, 0) is 19.1 Å². The molecule has 1 saturated heterocycles. The van der Waals surface area contributed by atoms with Crippen molar-refractivity contribution in [1.82, 2.24) is 10.2 Å². The number of nitrogens with zero attached hydrogens (tertiary/aromatic N) is 1. The molecule has 0 radical (unpaired) electrons. The minimum absolute atomic E-state index is 0.115. The molecule has 0 aromatic rings. The van der Waals surface area contributed by atoms with Gasteiger partial charge in [-0.2, -0.15) is 0 Å².